The lowest BCUT2D eigenvalue weighted by Crippen LogP contribution is -2.08. The zero-order chi connectivity index (χ0) is 13.8. The summed E-state index contributed by atoms with van der Waals surface area (Å²) in [6.45, 7) is 0.457. The third-order valence-corrected chi connectivity index (χ3v) is 3.09. The van der Waals surface area contributed by atoms with Crippen molar-refractivity contribution in [1.82, 2.24) is 9.97 Å². The summed E-state index contributed by atoms with van der Waals surface area (Å²) in [6, 6.07) is 7.82. The van der Waals surface area contributed by atoms with Crippen LogP contribution in [-0.4, -0.2) is 36.5 Å². The Morgan fingerprint density at radius 1 is 1.05 bits per heavy atom. The Hall–Kier alpha value is -2.14. The van der Waals surface area contributed by atoms with Gasteiger partial charge in [-0.25, -0.2) is 4.39 Å². The Morgan fingerprint density at radius 2 is 2.00 bits per heavy atom. The molecular formula is C15H15FN2O2. The second kappa shape index (κ2) is 5.88. The molecule has 0 atom stereocenters. The number of nitrogens with one attached hydrogen (secondary N) is 1. The van der Waals surface area contributed by atoms with E-state index < -0.39 is 6.67 Å². The molecule has 0 aliphatic carbocycles. The standard InChI is InChI=1S/C15H15FN2O2/c16-4-6-19-7-8-20-11-1-2-12-13-10-17-5-3-14(13)18-15(12)9-11/h1-3,5,9-10,18H,4,6-8H2. The molecule has 0 saturated heterocycles. The Kier molecular flexibility index (Phi) is 3.78. The monoisotopic (exact) mass is 274 g/mol. The van der Waals surface area contributed by atoms with Crippen LogP contribution in [0.4, 0.5) is 4.39 Å². The molecule has 0 aliphatic rings. The second-order valence-corrected chi connectivity index (χ2v) is 4.40. The molecule has 0 bridgehead atoms. The highest BCUT2D eigenvalue weighted by atomic mass is 19.1. The minimum atomic E-state index is -0.463. The highest BCUT2D eigenvalue weighted by Crippen LogP contribution is 2.27. The van der Waals surface area contributed by atoms with Crippen LogP contribution < -0.4 is 4.74 Å². The number of aromatic nitrogens is 2. The van der Waals surface area contributed by atoms with E-state index in [0.29, 0.717) is 13.2 Å². The van der Waals surface area contributed by atoms with Crippen molar-refractivity contribution < 1.29 is 13.9 Å². The van der Waals surface area contributed by atoms with E-state index in [4.69, 9.17) is 9.47 Å². The summed E-state index contributed by atoms with van der Waals surface area (Å²) in [6.07, 6.45) is 3.61. The van der Waals surface area contributed by atoms with Crippen LogP contribution in [-0.2, 0) is 4.74 Å². The largest absolute Gasteiger partial charge is 0.491 e. The fraction of sp³-hybridized carbons (Fsp3) is 0.267. The number of benzene rings is 1. The number of hydrogen-bond donors (Lipinski definition) is 1. The first-order valence-electron chi connectivity index (χ1n) is 6.50. The van der Waals surface area contributed by atoms with Crippen LogP contribution in [0.15, 0.2) is 36.7 Å². The van der Waals surface area contributed by atoms with Crippen molar-refractivity contribution in [2.75, 3.05) is 26.5 Å². The van der Waals surface area contributed by atoms with E-state index in [0.717, 1.165) is 27.6 Å². The van der Waals surface area contributed by atoms with Crippen LogP contribution in [0.1, 0.15) is 0 Å². The first kappa shape index (κ1) is 12.9. The number of nitrogens with zero attached hydrogens (tertiary/aromatic N) is 1. The van der Waals surface area contributed by atoms with Gasteiger partial charge in [-0.05, 0) is 18.2 Å². The minimum Gasteiger partial charge on any atom is -0.491 e. The number of halogens is 1. The van der Waals surface area contributed by atoms with E-state index >= 15 is 0 Å². The summed E-state index contributed by atoms with van der Waals surface area (Å²) < 4.78 is 22.4. The van der Waals surface area contributed by atoms with Gasteiger partial charge in [0.05, 0.1) is 18.7 Å². The van der Waals surface area contributed by atoms with Crippen LogP contribution in [0.2, 0.25) is 0 Å². The van der Waals surface area contributed by atoms with Gasteiger partial charge < -0.3 is 14.5 Å². The summed E-state index contributed by atoms with van der Waals surface area (Å²) >= 11 is 0. The van der Waals surface area contributed by atoms with Crippen LogP contribution in [0.25, 0.3) is 21.8 Å². The molecule has 0 unspecified atom stereocenters. The number of aromatic amines is 1. The van der Waals surface area contributed by atoms with Crippen molar-refractivity contribution in [3.05, 3.63) is 36.7 Å². The number of hydrogen-bond acceptors (Lipinski definition) is 3. The Balaban J connectivity index is 1.75. The Morgan fingerprint density at radius 3 is 2.90 bits per heavy atom. The van der Waals surface area contributed by atoms with Crippen LogP contribution in [0, 0.1) is 0 Å². The minimum absolute atomic E-state index is 0.122. The van der Waals surface area contributed by atoms with E-state index in [-0.39, 0.29) is 6.61 Å². The Bertz CT molecular complexity index is 711. The number of ether oxygens (including phenoxy) is 2. The van der Waals surface area contributed by atoms with Gasteiger partial charge in [0.2, 0.25) is 0 Å². The van der Waals surface area contributed by atoms with Crippen LogP contribution >= 0.6 is 0 Å². The number of rotatable bonds is 6. The molecule has 3 aromatic rings. The van der Waals surface area contributed by atoms with Gasteiger partial charge in [-0.1, -0.05) is 0 Å². The van der Waals surface area contributed by atoms with E-state index in [2.05, 4.69) is 9.97 Å². The topological polar surface area (TPSA) is 47.1 Å². The van der Waals surface area contributed by atoms with Crippen molar-refractivity contribution in [3.8, 4) is 5.75 Å². The van der Waals surface area contributed by atoms with Gasteiger partial charge >= 0.3 is 0 Å². The average Bonchev–Trinajstić information content (AvgIpc) is 2.84. The van der Waals surface area contributed by atoms with E-state index in [1.165, 1.54) is 0 Å². The van der Waals surface area contributed by atoms with Crippen molar-refractivity contribution >= 4 is 21.8 Å². The molecule has 104 valence electrons. The van der Waals surface area contributed by atoms with E-state index in [9.17, 15) is 4.39 Å². The van der Waals surface area contributed by atoms with Gasteiger partial charge in [-0.15, -0.1) is 0 Å². The van der Waals surface area contributed by atoms with Crippen molar-refractivity contribution in [2.24, 2.45) is 0 Å². The van der Waals surface area contributed by atoms with Gasteiger partial charge in [0.25, 0.3) is 0 Å². The molecule has 0 saturated carbocycles. The normalized spacial score (nSPS) is 11.2. The zero-order valence-electron chi connectivity index (χ0n) is 10.9. The number of H-pyrrole nitrogens is 1. The maximum Gasteiger partial charge on any atom is 0.121 e. The fourth-order valence-electron chi connectivity index (χ4n) is 2.19. The van der Waals surface area contributed by atoms with Gasteiger partial charge in [-0.3, -0.25) is 4.98 Å². The predicted molar refractivity (Wildman–Crippen MR) is 75.9 cm³/mol. The first-order chi connectivity index (χ1) is 9.88. The summed E-state index contributed by atoms with van der Waals surface area (Å²) in [5.74, 6) is 0.765. The van der Waals surface area contributed by atoms with E-state index in [1.807, 2.05) is 30.5 Å². The number of fused-ring (bicyclic) bond motifs is 3. The molecule has 1 N–H and O–H groups in total. The molecule has 4 nitrogen and oxygen atoms in total. The molecule has 5 heteroatoms. The molecule has 20 heavy (non-hydrogen) atoms. The van der Waals surface area contributed by atoms with Crippen molar-refractivity contribution in [2.45, 2.75) is 0 Å². The summed E-state index contributed by atoms with van der Waals surface area (Å²) in [7, 11) is 0. The number of alkyl halides is 1. The van der Waals surface area contributed by atoms with Gasteiger partial charge in [0.15, 0.2) is 0 Å². The summed E-state index contributed by atoms with van der Waals surface area (Å²) in [4.78, 5) is 7.47. The maximum absolute atomic E-state index is 11.8. The lowest BCUT2D eigenvalue weighted by Gasteiger charge is -2.06. The molecular weight excluding hydrogens is 259 g/mol. The lowest BCUT2D eigenvalue weighted by molar-refractivity contribution is 0.0897. The third kappa shape index (κ3) is 2.58. The quantitative estimate of drug-likeness (QED) is 0.703. The molecule has 1 aromatic carbocycles. The fourth-order valence-corrected chi connectivity index (χ4v) is 2.19. The Labute approximate surface area is 115 Å². The molecule has 2 heterocycles. The van der Waals surface area contributed by atoms with Gasteiger partial charge in [0.1, 0.15) is 19.0 Å². The average molecular weight is 274 g/mol. The SMILES string of the molecule is FCCOCCOc1ccc2c(c1)[nH]c1ccncc12. The first-order valence-corrected chi connectivity index (χ1v) is 6.50. The lowest BCUT2D eigenvalue weighted by atomic mass is 10.2. The van der Waals surface area contributed by atoms with Gasteiger partial charge in [-0.2, -0.15) is 0 Å². The molecule has 0 aliphatic heterocycles. The molecule has 0 amide bonds. The van der Waals surface area contributed by atoms with Gasteiger partial charge in [0, 0.05) is 34.7 Å². The molecule has 0 spiro atoms. The summed E-state index contributed by atoms with van der Waals surface area (Å²) in [5, 5.41) is 2.22. The zero-order valence-corrected chi connectivity index (χ0v) is 10.9. The van der Waals surface area contributed by atoms with Crippen LogP contribution in [0.5, 0.6) is 5.75 Å². The van der Waals surface area contributed by atoms with Crippen LogP contribution in [0.3, 0.4) is 0 Å². The molecule has 2 aromatic heterocycles. The maximum atomic E-state index is 11.8. The highest BCUT2D eigenvalue weighted by molar-refractivity contribution is 6.07. The number of pyridine rings is 1. The predicted octanol–water partition coefficient (Wildman–Crippen LogP) is 3.08. The highest BCUT2D eigenvalue weighted by Gasteiger charge is 2.05. The molecule has 3 rings (SSSR count). The second-order valence-electron chi connectivity index (χ2n) is 4.40. The van der Waals surface area contributed by atoms with Crippen molar-refractivity contribution in [1.29, 1.82) is 0 Å². The van der Waals surface area contributed by atoms with Crippen molar-refractivity contribution in [3.63, 3.8) is 0 Å². The molecule has 0 fully saturated rings. The molecule has 0 radical (unpaired) electrons. The van der Waals surface area contributed by atoms with E-state index in [1.54, 1.807) is 6.20 Å². The summed E-state index contributed by atoms with van der Waals surface area (Å²) in [5.41, 5.74) is 2.06. The smallest absolute Gasteiger partial charge is 0.121 e. The third-order valence-electron chi connectivity index (χ3n) is 3.09.